The molecule has 1 atom stereocenters. The van der Waals surface area contributed by atoms with E-state index in [0.29, 0.717) is 19.5 Å². The number of hydrogen-bond acceptors (Lipinski definition) is 2. The van der Waals surface area contributed by atoms with Crippen molar-refractivity contribution >= 4 is 20.9 Å². The molecule has 0 amide bonds. The second-order valence-electron chi connectivity index (χ2n) is 6.71. The summed E-state index contributed by atoms with van der Waals surface area (Å²) < 4.78 is 27.0. The van der Waals surface area contributed by atoms with Crippen molar-refractivity contribution in [3.05, 3.63) is 71.9 Å². The van der Waals surface area contributed by atoms with E-state index in [9.17, 15) is 8.42 Å². The zero-order chi connectivity index (χ0) is 17.3. The Hall–Kier alpha value is -2.11. The number of rotatable bonds is 5. The number of aromatic nitrogens is 1. The van der Waals surface area contributed by atoms with Crippen molar-refractivity contribution < 1.29 is 8.42 Å². The topological polar surface area (TPSA) is 53.2 Å². The molecule has 4 nitrogen and oxygen atoms in total. The first-order chi connectivity index (χ1) is 12.1. The number of nitrogens with zero attached hydrogens (tertiary/aromatic N) is 1. The average Bonchev–Trinajstić information content (AvgIpc) is 3.28. The molecule has 0 bridgehead atoms. The number of para-hydroxylation sites is 1. The number of benzene rings is 2. The molecule has 0 aliphatic carbocycles. The summed E-state index contributed by atoms with van der Waals surface area (Å²) in [5.41, 5.74) is 3.32. The predicted molar refractivity (Wildman–Crippen MR) is 101 cm³/mol. The largest absolute Gasteiger partial charge is 0.358 e. The van der Waals surface area contributed by atoms with Gasteiger partial charge in [-0.2, -0.15) is 0 Å². The second kappa shape index (κ2) is 6.65. The van der Waals surface area contributed by atoms with Gasteiger partial charge in [-0.25, -0.2) is 12.7 Å². The minimum atomic E-state index is -3.21. The third-order valence-electron chi connectivity index (χ3n) is 5.03. The number of aryl methyl sites for hydroxylation is 1. The van der Waals surface area contributed by atoms with Gasteiger partial charge in [-0.05, 0) is 35.9 Å². The van der Waals surface area contributed by atoms with Crippen LogP contribution in [0.1, 0.15) is 23.6 Å². The number of sulfonamides is 1. The standard InChI is InChI=1S/C20H22N2O2S/c23-25(24,13-11-16-6-2-1-3-7-16)22-12-10-18(15-22)20-14-17-8-4-5-9-19(17)21-20/h1-9,14,18,21H,10-13,15H2. The van der Waals surface area contributed by atoms with E-state index in [0.717, 1.165) is 23.2 Å². The molecule has 130 valence electrons. The summed E-state index contributed by atoms with van der Waals surface area (Å²) in [7, 11) is -3.21. The highest BCUT2D eigenvalue weighted by atomic mass is 32.2. The molecule has 2 aromatic carbocycles. The fraction of sp³-hybridized carbons (Fsp3) is 0.300. The summed E-state index contributed by atoms with van der Waals surface area (Å²) in [6.07, 6.45) is 1.44. The van der Waals surface area contributed by atoms with Gasteiger partial charge in [0.25, 0.3) is 0 Å². The fourth-order valence-electron chi connectivity index (χ4n) is 3.57. The zero-order valence-corrected chi connectivity index (χ0v) is 14.9. The molecule has 25 heavy (non-hydrogen) atoms. The van der Waals surface area contributed by atoms with Crippen LogP contribution in [0, 0.1) is 0 Å². The van der Waals surface area contributed by atoms with Crippen molar-refractivity contribution in [2.75, 3.05) is 18.8 Å². The van der Waals surface area contributed by atoms with Gasteiger partial charge in [0.15, 0.2) is 0 Å². The molecule has 1 aliphatic heterocycles. The lowest BCUT2D eigenvalue weighted by molar-refractivity contribution is 0.472. The monoisotopic (exact) mass is 354 g/mol. The number of fused-ring (bicyclic) bond motifs is 1. The third kappa shape index (κ3) is 3.48. The summed E-state index contributed by atoms with van der Waals surface area (Å²) in [6, 6.07) is 20.1. The van der Waals surface area contributed by atoms with Gasteiger partial charge in [0.2, 0.25) is 10.0 Å². The van der Waals surface area contributed by atoms with Crippen molar-refractivity contribution in [3.8, 4) is 0 Å². The van der Waals surface area contributed by atoms with Crippen LogP contribution in [0.15, 0.2) is 60.7 Å². The van der Waals surface area contributed by atoms with Crippen LogP contribution in [0.25, 0.3) is 10.9 Å². The Morgan fingerprint density at radius 2 is 1.80 bits per heavy atom. The second-order valence-corrected chi connectivity index (χ2v) is 8.80. The maximum Gasteiger partial charge on any atom is 0.214 e. The molecule has 0 saturated carbocycles. The lowest BCUT2D eigenvalue weighted by atomic mass is 10.1. The summed E-state index contributed by atoms with van der Waals surface area (Å²) in [5, 5.41) is 1.18. The van der Waals surface area contributed by atoms with Crippen molar-refractivity contribution in [3.63, 3.8) is 0 Å². The van der Waals surface area contributed by atoms with Crippen molar-refractivity contribution in [1.29, 1.82) is 0 Å². The maximum atomic E-state index is 12.7. The smallest absolute Gasteiger partial charge is 0.214 e. The average molecular weight is 354 g/mol. The van der Waals surface area contributed by atoms with E-state index in [1.54, 1.807) is 4.31 Å². The summed E-state index contributed by atoms with van der Waals surface area (Å²) in [6.45, 7) is 1.18. The van der Waals surface area contributed by atoms with Gasteiger partial charge in [-0.1, -0.05) is 48.5 Å². The van der Waals surface area contributed by atoms with Crippen molar-refractivity contribution in [2.45, 2.75) is 18.8 Å². The normalized spacial score (nSPS) is 18.8. The highest BCUT2D eigenvalue weighted by Crippen LogP contribution is 2.30. The molecular weight excluding hydrogens is 332 g/mol. The molecule has 1 aliphatic rings. The highest BCUT2D eigenvalue weighted by molar-refractivity contribution is 7.89. The number of H-pyrrole nitrogens is 1. The van der Waals surface area contributed by atoms with Crippen LogP contribution in [0.5, 0.6) is 0 Å². The Bertz CT molecular complexity index is 931. The van der Waals surface area contributed by atoms with E-state index in [-0.39, 0.29) is 11.7 Å². The van der Waals surface area contributed by atoms with Gasteiger partial charge < -0.3 is 4.98 Å². The van der Waals surface area contributed by atoms with Crippen LogP contribution in [0.4, 0.5) is 0 Å². The summed E-state index contributed by atoms with van der Waals surface area (Å²) >= 11 is 0. The molecule has 0 spiro atoms. The number of nitrogens with one attached hydrogen (secondary N) is 1. The van der Waals surface area contributed by atoms with Gasteiger partial charge in [0, 0.05) is 30.2 Å². The van der Waals surface area contributed by atoms with E-state index in [1.165, 1.54) is 5.39 Å². The number of hydrogen-bond donors (Lipinski definition) is 1. The first-order valence-corrected chi connectivity index (χ1v) is 10.3. The third-order valence-corrected chi connectivity index (χ3v) is 6.86. The highest BCUT2D eigenvalue weighted by Gasteiger charge is 2.32. The minimum absolute atomic E-state index is 0.177. The van der Waals surface area contributed by atoms with E-state index < -0.39 is 10.0 Å². The van der Waals surface area contributed by atoms with Crippen LogP contribution < -0.4 is 0 Å². The van der Waals surface area contributed by atoms with E-state index in [1.807, 2.05) is 42.5 Å². The molecule has 1 fully saturated rings. The molecule has 1 N–H and O–H groups in total. The molecule has 5 heteroatoms. The summed E-state index contributed by atoms with van der Waals surface area (Å²) in [5.74, 6) is 0.426. The lowest BCUT2D eigenvalue weighted by Crippen LogP contribution is -2.31. The Labute approximate surface area is 148 Å². The van der Waals surface area contributed by atoms with Gasteiger partial charge in [0.1, 0.15) is 0 Å². The van der Waals surface area contributed by atoms with Gasteiger partial charge in [-0.15, -0.1) is 0 Å². The molecule has 1 unspecified atom stereocenters. The van der Waals surface area contributed by atoms with Crippen LogP contribution in [0.3, 0.4) is 0 Å². The molecular formula is C20H22N2O2S. The van der Waals surface area contributed by atoms with Crippen LogP contribution in [0.2, 0.25) is 0 Å². The first-order valence-electron chi connectivity index (χ1n) is 8.71. The molecule has 1 aromatic heterocycles. The van der Waals surface area contributed by atoms with E-state index in [2.05, 4.69) is 23.2 Å². The SMILES string of the molecule is O=S(=O)(CCc1ccccc1)N1CCC(c2cc3ccccc3[nH]2)C1. The maximum absolute atomic E-state index is 12.7. The van der Waals surface area contributed by atoms with Crippen molar-refractivity contribution in [1.82, 2.24) is 9.29 Å². The summed E-state index contributed by atoms with van der Waals surface area (Å²) in [4.78, 5) is 3.45. The van der Waals surface area contributed by atoms with E-state index in [4.69, 9.17) is 0 Å². The molecule has 0 radical (unpaired) electrons. The Morgan fingerprint density at radius 3 is 2.60 bits per heavy atom. The lowest BCUT2D eigenvalue weighted by Gasteiger charge is -2.16. The van der Waals surface area contributed by atoms with Crippen molar-refractivity contribution in [2.24, 2.45) is 0 Å². The van der Waals surface area contributed by atoms with Gasteiger partial charge in [-0.3, -0.25) is 0 Å². The first kappa shape index (κ1) is 16.4. The van der Waals surface area contributed by atoms with E-state index >= 15 is 0 Å². The number of aromatic amines is 1. The fourth-order valence-corrected chi connectivity index (χ4v) is 5.11. The molecule has 2 heterocycles. The molecule has 3 aromatic rings. The Balaban J connectivity index is 1.44. The van der Waals surface area contributed by atoms with Gasteiger partial charge in [0.05, 0.1) is 5.75 Å². The van der Waals surface area contributed by atoms with Crippen LogP contribution in [-0.4, -0.2) is 36.5 Å². The van der Waals surface area contributed by atoms with Crippen LogP contribution in [-0.2, 0) is 16.4 Å². The predicted octanol–water partition coefficient (Wildman–Crippen LogP) is 3.53. The van der Waals surface area contributed by atoms with Crippen LogP contribution >= 0.6 is 0 Å². The molecule has 4 rings (SSSR count). The zero-order valence-electron chi connectivity index (χ0n) is 14.1. The molecule has 1 saturated heterocycles. The minimum Gasteiger partial charge on any atom is -0.358 e. The van der Waals surface area contributed by atoms with Gasteiger partial charge >= 0.3 is 0 Å². The Kier molecular flexibility index (Phi) is 4.36. The quantitative estimate of drug-likeness (QED) is 0.762. The Morgan fingerprint density at radius 1 is 1.04 bits per heavy atom.